The fraction of sp³-hybridized carbons (Fsp3) is 0.409. The molecule has 2 rings (SSSR count). The molecule has 4 heteroatoms. The fourth-order valence-electron chi connectivity index (χ4n) is 2.82. The predicted octanol–water partition coefficient (Wildman–Crippen LogP) is 4.73. The van der Waals surface area contributed by atoms with Crippen LogP contribution in [0.3, 0.4) is 0 Å². The van der Waals surface area contributed by atoms with Crippen molar-refractivity contribution in [2.45, 2.75) is 47.1 Å². The molecule has 4 nitrogen and oxygen atoms in total. The number of unbranched alkanes of at least 4 members (excludes halogenated alkanes) is 1. The zero-order valence-electron chi connectivity index (χ0n) is 16.4. The third-order valence-corrected chi connectivity index (χ3v) is 4.51. The van der Waals surface area contributed by atoms with Gasteiger partial charge >= 0.3 is 0 Å². The number of aryl methyl sites for hydroxylation is 2. The average molecular weight is 355 g/mol. The minimum absolute atomic E-state index is 0.0649. The highest BCUT2D eigenvalue weighted by Crippen LogP contribution is 2.26. The number of methoxy groups -OCH3 is 1. The van der Waals surface area contributed by atoms with E-state index < -0.39 is 0 Å². The summed E-state index contributed by atoms with van der Waals surface area (Å²) < 4.78 is 11.5. The molecule has 0 saturated carbocycles. The van der Waals surface area contributed by atoms with Crippen LogP contribution >= 0.6 is 0 Å². The van der Waals surface area contributed by atoms with Crippen molar-refractivity contribution in [2.75, 3.05) is 13.7 Å². The molecule has 0 aliphatic carbocycles. The SMILES string of the molecule is CCCCNC(=O)c1ccc(OC)c(COc2cc(C)cc(C)c2C)c1. The summed E-state index contributed by atoms with van der Waals surface area (Å²) in [6, 6.07) is 9.63. The van der Waals surface area contributed by atoms with E-state index >= 15 is 0 Å². The van der Waals surface area contributed by atoms with Crippen molar-refractivity contribution < 1.29 is 14.3 Å². The molecule has 1 amide bonds. The summed E-state index contributed by atoms with van der Waals surface area (Å²) in [5.41, 5.74) is 4.98. The van der Waals surface area contributed by atoms with E-state index in [4.69, 9.17) is 9.47 Å². The number of rotatable bonds is 8. The van der Waals surface area contributed by atoms with E-state index in [1.54, 1.807) is 13.2 Å². The van der Waals surface area contributed by atoms with Crippen molar-refractivity contribution >= 4 is 5.91 Å². The van der Waals surface area contributed by atoms with Gasteiger partial charge in [0.25, 0.3) is 5.91 Å². The van der Waals surface area contributed by atoms with Gasteiger partial charge in [-0.25, -0.2) is 0 Å². The summed E-state index contributed by atoms with van der Waals surface area (Å²) in [7, 11) is 1.63. The number of hydrogen-bond acceptors (Lipinski definition) is 3. The highest BCUT2D eigenvalue weighted by atomic mass is 16.5. The summed E-state index contributed by atoms with van der Waals surface area (Å²) in [5.74, 6) is 1.52. The number of amides is 1. The molecule has 0 spiro atoms. The Morgan fingerprint density at radius 2 is 1.85 bits per heavy atom. The van der Waals surface area contributed by atoms with Crippen LogP contribution in [0.25, 0.3) is 0 Å². The molecule has 0 aliphatic heterocycles. The molecular weight excluding hydrogens is 326 g/mol. The van der Waals surface area contributed by atoms with Gasteiger partial charge in [-0.3, -0.25) is 4.79 Å². The number of carbonyl (C=O) groups excluding carboxylic acids is 1. The van der Waals surface area contributed by atoms with E-state index in [0.29, 0.717) is 18.7 Å². The van der Waals surface area contributed by atoms with Crippen LogP contribution in [0.15, 0.2) is 30.3 Å². The van der Waals surface area contributed by atoms with Gasteiger partial charge in [0.2, 0.25) is 0 Å². The van der Waals surface area contributed by atoms with Crippen molar-refractivity contribution in [3.05, 3.63) is 58.1 Å². The van der Waals surface area contributed by atoms with Gasteiger partial charge in [-0.1, -0.05) is 19.4 Å². The molecule has 0 saturated heterocycles. The molecule has 0 atom stereocenters. The third kappa shape index (κ3) is 5.01. The number of hydrogen-bond donors (Lipinski definition) is 1. The average Bonchev–Trinajstić information content (AvgIpc) is 2.63. The van der Waals surface area contributed by atoms with Crippen molar-refractivity contribution in [2.24, 2.45) is 0 Å². The van der Waals surface area contributed by atoms with Crippen LogP contribution < -0.4 is 14.8 Å². The molecular formula is C22H29NO3. The second-order valence-electron chi connectivity index (χ2n) is 6.63. The lowest BCUT2D eigenvalue weighted by molar-refractivity contribution is 0.0953. The summed E-state index contributed by atoms with van der Waals surface area (Å²) in [5, 5.41) is 2.94. The molecule has 2 aromatic carbocycles. The molecule has 0 aliphatic rings. The van der Waals surface area contributed by atoms with Gasteiger partial charge in [-0.2, -0.15) is 0 Å². The van der Waals surface area contributed by atoms with Gasteiger partial charge < -0.3 is 14.8 Å². The second-order valence-corrected chi connectivity index (χ2v) is 6.63. The van der Waals surface area contributed by atoms with Crippen LogP contribution in [0.4, 0.5) is 0 Å². The Kier molecular flexibility index (Phi) is 7.07. The number of benzene rings is 2. The maximum atomic E-state index is 12.3. The van der Waals surface area contributed by atoms with Crippen LogP contribution in [0.5, 0.6) is 11.5 Å². The molecule has 0 aromatic heterocycles. The largest absolute Gasteiger partial charge is 0.496 e. The van der Waals surface area contributed by atoms with Crippen LogP contribution in [-0.2, 0) is 6.61 Å². The van der Waals surface area contributed by atoms with E-state index in [0.717, 1.165) is 35.5 Å². The van der Waals surface area contributed by atoms with Gasteiger partial charge in [-0.05, 0) is 68.1 Å². The van der Waals surface area contributed by atoms with Crippen LogP contribution in [0.2, 0.25) is 0 Å². The first-order chi connectivity index (χ1) is 12.5. The number of ether oxygens (including phenoxy) is 2. The molecule has 26 heavy (non-hydrogen) atoms. The van der Waals surface area contributed by atoms with E-state index in [1.807, 2.05) is 18.2 Å². The maximum Gasteiger partial charge on any atom is 0.251 e. The van der Waals surface area contributed by atoms with Crippen LogP contribution in [0.1, 0.15) is 52.4 Å². The smallest absolute Gasteiger partial charge is 0.251 e. The Balaban J connectivity index is 2.17. The fourth-order valence-corrected chi connectivity index (χ4v) is 2.82. The van der Waals surface area contributed by atoms with Gasteiger partial charge in [-0.15, -0.1) is 0 Å². The lowest BCUT2D eigenvalue weighted by atomic mass is 10.1. The molecule has 0 heterocycles. The predicted molar refractivity (Wildman–Crippen MR) is 105 cm³/mol. The summed E-state index contributed by atoms with van der Waals surface area (Å²) in [6.45, 7) is 9.33. The van der Waals surface area contributed by atoms with E-state index in [-0.39, 0.29) is 5.91 Å². The van der Waals surface area contributed by atoms with Gasteiger partial charge in [0.1, 0.15) is 18.1 Å². The third-order valence-electron chi connectivity index (χ3n) is 4.51. The van der Waals surface area contributed by atoms with Gasteiger partial charge in [0.05, 0.1) is 7.11 Å². The first-order valence-electron chi connectivity index (χ1n) is 9.12. The molecule has 0 unspecified atom stereocenters. The van der Waals surface area contributed by atoms with Crippen molar-refractivity contribution in [1.82, 2.24) is 5.32 Å². The highest BCUT2D eigenvalue weighted by molar-refractivity contribution is 5.94. The number of carbonyl (C=O) groups is 1. The standard InChI is InChI=1S/C22H29NO3/c1-6-7-10-23-22(24)18-8-9-20(25-5)19(13-18)14-26-21-12-15(2)11-16(3)17(21)4/h8-9,11-13H,6-7,10,14H2,1-5H3,(H,23,24). The van der Waals surface area contributed by atoms with Crippen molar-refractivity contribution in [3.8, 4) is 11.5 Å². The number of nitrogens with one attached hydrogen (secondary N) is 1. The summed E-state index contributed by atoms with van der Waals surface area (Å²) >= 11 is 0. The van der Waals surface area contributed by atoms with Gasteiger partial charge in [0.15, 0.2) is 0 Å². The zero-order valence-corrected chi connectivity index (χ0v) is 16.4. The zero-order chi connectivity index (χ0) is 19.1. The lowest BCUT2D eigenvalue weighted by Crippen LogP contribution is -2.24. The Hall–Kier alpha value is -2.49. The van der Waals surface area contributed by atoms with Crippen LogP contribution in [0, 0.1) is 20.8 Å². The molecule has 0 bridgehead atoms. The first-order valence-corrected chi connectivity index (χ1v) is 9.12. The molecule has 2 aromatic rings. The first kappa shape index (κ1) is 19.8. The molecule has 0 fully saturated rings. The Labute approximate surface area is 156 Å². The van der Waals surface area contributed by atoms with Crippen LogP contribution in [-0.4, -0.2) is 19.6 Å². The molecule has 0 radical (unpaired) electrons. The molecule has 1 N–H and O–H groups in total. The van der Waals surface area contributed by atoms with E-state index in [9.17, 15) is 4.79 Å². The minimum Gasteiger partial charge on any atom is -0.496 e. The Morgan fingerprint density at radius 1 is 1.08 bits per heavy atom. The highest BCUT2D eigenvalue weighted by Gasteiger charge is 2.12. The quantitative estimate of drug-likeness (QED) is 0.697. The minimum atomic E-state index is -0.0649. The van der Waals surface area contributed by atoms with Gasteiger partial charge in [0, 0.05) is 17.7 Å². The lowest BCUT2D eigenvalue weighted by Gasteiger charge is -2.15. The maximum absolute atomic E-state index is 12.3. The van der Waals surface area contributed by atoms with E-state index in [2.05, 4.69) is 39.1 Å². The van der Waals surface area contributed by atoms with Crippen molar-refractivity contribution in [1.29, 1.82) is 0 Å². The Morgan fingerprint density at radius 3 is 2.54 bits per heavy atom. The monoisotopic (exact) mass is 355 g/mol. The Bertz CT molecular complexity index is 768. The van der Waals surface area contributed by atoms with Crippen molar-refractivity contribution in [3.63, 3.8) is 0 Å². The normalized spacial score (nSPS) is 10.5. The molecule has 140 valence electrons. The second kappa shape index (κ2) is 9.27. The summed E-state index contributed by atoms with van der Waals surface area (Å²) in [4.78, 5) is 12.3. The van der Waals surface area contributed by atoms with E-state index in [1.165, 1.54) is 11.1 Å². The summed E-state index contributed by atoms with van der Waals surface area (Å²) in [6.07, 6.45) is 2.03. The topological polar surface area (TPSA) is 47.6 Å².